The van der Waals surface area contributed by atoms with E-state index in [-0.39, 0.29) is 5.79 Å². The number of ether oxygens (including phenoxy) is 2. The van der Waals surface area contributed by atoms with Crippen molar-refractivity contribution in [2.45, 2.75) is 18.6 Å². The Morgan fingerprint density at radius 1 is 1.21 bits per heavy atom. The van der Waals surface area contributed by atoms with Crippen LogP contribution in [0.4, 0.5) is 11.8 Å². The van der Waals surface area contributed by atoms with Crippen LogP contribution in [0.2, 0.25) is 0 Å². The topological polar surface area (TPSA) is 50.7 Å². The highest BCUT2D eigenvalue weighted by Gasteiger charge is 2.40. The average molecular weight is 264 g/mol. The Labute approximate surface area is 113 Å². The Morgan fingerprint density at radius 2 is 1.89 bits per heavy atom. The summed E-state index contributed by atoms with van der Waals surface area (Å²) in [6.07, 6.45) is 3.60. The van der Waals surface area contributed by atoms with Gasteiger partial charge in [0.25, 0.3) is 0 Å². The zero-order chi connectivity index (χ0) is 13.3. The minimum Gasteiger partial charge on any atom is -0.356 e. The molecule has 1 aromatic heterocycles. The molecule has 3 rings (SSSR count). The lowest BCUT2D eigenvalue weighted by Crippen LogP contribution is -2.45. The van der Waals surface area contributed by atoms with Crippen molar-refractivity contribution >= 4 is 11.8 Å². The fourth-order valence-electron chi connectivity index (χ4n) is 2.59. The zero-order valence-corrected chi connectivity index (χ0v) is 11.5. The molecule has 104 valence electrons. The fraction of sp³-hybridized carbons (Fsp3) is 0.692. The summed E-state index contributed by atoms with van der Waals surface area (Å²) in [4.78, 5) is 13.0. The second-order valence-corrected chi connectivity index (χ2v) is 5.20. The maximum absolute atomic E-state index is 5.74. The molecule has 19 heavy (non-hydrogen) atoms. The molecular formula is C13H20N4O2. The summed E-state index contributed by atoms with van der Waals surface area (Å²) in [5, 5.41) is 0. The summed E-state index contributed by atoms with van der Waals surface area (Å²) in [6.45, 7) is 3.25. The van der Waals surface area contributed by atoms with Crippen molar-refractivity contribution in [1.29, 1.82) is 0 Å². The van der Waals surface area contributed by atoms with E-state index in [2.05, 4.69) is 14.9 Å². The monoisotopic (exact) mass is 264 g/mol. The normalized spacial score (nSPS) is 21.9. The van der Waals surface area contributed by atoms with E-state index in [1.54, 1.807) is 0 Å². The third-order valence-electron chi connectivity index (χ3n) is 3.69. The van der Waals surface area contributed by atoms with Crippen LogP contribution in [0.25, 0.3) is 0 Å². The largest absolute Gasteiger partial charge is 0.356 e. The zero-order valence-electron chi connectivity index (χ0n) is 11.5. The molecule has 2 aliphatic heterocycles. The molecule has 6 nitrogen and oxygen atoms in total. The summed E-state index contributed by atoms with van der Waals surface area (Å²) < 4.78 is 11.5. The third-order valence-corrected chi connectivity index (χ3v) is 3.69. The minimum absolute atomic E-state index is 0.325. The van der Waals surface area contributed by atoms with Crippen LogP contribution >= 0.6 is 0 Å². The Balaban J connectivity index is 1.69. The number of hydrogen-bond donors (Lipinski definition) is 0. The van der Waals surface area contributed by atoms with Gasteiger partial charge in [-0.05, 0) is 6.07 Å². The van der Waals surface area contributed by atoms with Gasteiger partial charge in [0, 0.05) is 46.2 Å². The summed E-state index contributed by atoms with van der Waals surface area (Å²) in [5.74, 6) is 1.39. The highest BCUT2D eigenvalue weighted by molar-refractivity contribution is 5.43. The Kier molecular flexibility index (Phi) is 3.28. The van der Waals surface area contributed by atoms with Gasteiger partial charge in [-0.2, -0.15) is 4.98 Å². The van der Waals surface area contributed by atoms with Crippen LogP contribution in [-0.2, 0) is 9.47 Å². The molecule has 2 saturated heterocycles. The fourth-order valence-corrected chi connectivity index (χ4v) is 2.59. The van der Waals surface area contributed by atoms with Gasteiger partial charge in [0.2, 0.25) is 5.95 Å². The highest BCUT2D eigenvalue weighted by atomic mass is 16.7. The summed E-state index contributed by atoms with van der Waals surface area (Å²) in [7, 11) is 3.90. The molecule has 0 N–H and O–H groups in total. The third kappa shape index (κ3) is 2.50. The minimum atomic E-state index is -0.325. The van der Waals surface area contributed by atoms with Gasteiger partial charge in [0.15, 0.2) is 5.79 Å². The van der Waals surface area contributed by atoms with Gasteiger partial charge in [-0.1, -0.05) is 0 Å². The molecule has 0 saturated carbocycles. The van der Waals surface area contributed by atoms with Crippen LogP contribution in [0.15, 0.2) is 12.3 Å². The predicted octanol–water partition coefficient (Wildman–Crippen LogP) is 0.886. The molecule has 0 unspecified atom stereocenters. The summed E-state index contributed by atoms with van der Waals surface area (Å²) in [5.41, 5.74) is 0. The molecule has 0 aromatic carbocycles. The molecule has 1 aromatic rings. The quantitative estimate of drug-likeness (QED) is 0.790. The van der Waals surface area contributed by atoms with Gasteiger partial charge >= 0.3 is 0 Å². The van der Waals surface area contributed by atoms with E-state index in [0.29, 0.717) is 0 Å². The van der Waals surface area contributed by atoms with Crippen LogP contribution in [0.3, 0.4) is 0 Å². The molecule has 2 aliphatic rings. The summed E-state index contributed by atoms with van der Waals surface area (Å²) in [6, 6.07) is 1.96. The predicted molar refractivity (Wildman–Crippen MR) is 72.4 cm³/mol. The average Bonchev–Trinajstić information content (AvgIpc) is 2.88. The SMILES string of the molecule is CN(C)c1nccc(N2CCC3(CC2)OCCO3)n1. The van der Waals surface area contributed by atoms with E-state index >= 15 is 0 Å². The molecule has 6 heteroatoms. The lowest BCUT2D eigenvalue weighted by Gasteiger charge is -2.38. The van der Waals surface area contributed by atoms with Crippen molar-refractivity contribution in [2.75, 3.05) is 50.2 Å². The molecule has 0 atom stereocenters. The molecule has 2 fully saturated rings. The first kappa shape index (κ1) is 12.6. The first-order valence-corrected chi connectivity index (χ1v) is 6.72. The molecule has 0 amide bonds. The molecule has 3 heterocycles. The van der Waals surface area contributed by atoms with Crippen LogP contribution in [0, 0.1) is 0 Å². The standard InChI is InChI=1S/C13H20N4O2/c1-16(2)12-14-6-3-11(15-12)17-7-4-13(5-8-17)18-9-10-19-13/h3,6H,4-5,7-10H2,1-2H3. The molecule has 0 aliphatic carbocycles. The maximum Gasteiger partial charge on any atom is 0.226 e. The van der Waals surface area contributed by atoms with Crippen molar-refractivity contribution in [1.82, 2.24) is 9.97 Å². The smallest absolute Gasteiger partial charge is 0.226 e. The lowest BCUT2D eigenvalue weighted by atomic mass is 10.0. The number of piperidine rings is 1. The van der Waals surface area contributed by atoms with Gasteiger partial charge in [-0.15, -0.1) is 0 Å². The first-order valence-electron chi connectivity index (χ1n) is 6.72. The molecule has 0 bridgehead atoms. The number of hydrogen-bond acceptors (Lipinski definition) is 6. The van der Waals surface area contributed by atoms with E-state index in [9.17, 15) is 0 Å². The second kappa shape index (κ2) is 4.94. The summed E-state index contributed by atoms with van der Waals surface area (Å²) >= 11 is 0. The maximum atomic E-state index is 5.74. The van der Waals surface area contributed by atoms with Gasteiger partial charge in [-0.25, -0.2) is 4.98 Å². The van der Waals surface area contributed by atoms with Gasteiger partial charge in [0.05, 0.1) is 13.2 Å². The van der Waals surface area contributed by atoms with Crippen molar-refractivity contribution in [2.24, 2.45) is 0 Å². The Bertz CT molecular complexity index is 436. The highest BCUT2D eigenvalue weighted by Crippen LogP contribution is 2.32. The van der Waals surface area contributed by atoms with E-state index in [1.807, 2.05) is 31.3 Å². The van der Waals surface area contributed by atoms with Crippen molar-refractivity contribution < 1.29 is 9.47 Å². The van der Waals surface area contributed by atoms with Gasteiger partial charge < -0.3 is 19.3 Å². The molecular weight excluding hydrogens is 244 g/mol. The Morgan fingerprint density at radius 3 is 2.53 bits per heavy atom. The number of aromatic nitrogens is 2. The molecule has 1 spiro atoms. The van der Waals surface area contributed by atoms with E-state index < -0.39 is 0 Å². The number of nitrogens with zero attached hydrogens (tertiary/aromatic N) is 4. The van der Waals surface area contributed by atoms with Crippen molar-refractivity contribution in [3.05, 3.63) is 12.3 Å². The van der Waals surface area contributed by atoms with E-state index in [4.69, 9.17) is 9.47 Å². The first-order chi connectivity index (χ1) is 9.19. The van der Waals surface area contributed by atoms with Crippen LogP contribution in [0.5, 0.6) is 0 Å². The van der Waals surface area contributed by atoms with Gasteiger partial charge in [0.1, 0.15) is 5.82 Å². The second-order valence-electron chi connectivity index (χ2n) is 5.20. The number of anilines is 2. The van der Waals surface area contributed by atoms with Crippen molar-refractivity contribution in [3.8, 4) is 0 Å². The molecule has 0 radical (unpaired) electrons. The van der Waals surface area contributed by atoms with E-state index in [1.165, 1.54) is 0 Å². The Hall–Kier alpha value is -1.40. The van der Waals surface area contributed by atoms with Crippen LogP contribution < -0.4 is 9.80 Å². The van der Waals surface area contributed by atoms with Crippen molar-refractivity contribution in [3.63, 3.8) is 0 Å². The van der Waals surface area contributed by atoms with Gasteiger partial charge in [-0.3, -0.25) is 0 Å². The number of rotatable bonds is 2. The lowest BCUT2D eigenvalue weighted by molar-refractivity contribution is -0.169. The van der Waals surface area contributed by atoms with Crippen LogP contribution in [-0.4, -0.2) is 56.2 Å². The van der Waals surface area contributed by atoms with E-state index in [0.717, 1.165) is 50.9 Å². The van der Waals surface area contributed by atoms with Crippen LogP contribution in [0.1, 0.15) is 12.8 Å².